The molecule has 0 aliphatic heterocycles. The van der Waals surface area contributed by atoms with Crippen LogP contribution in [0.4, 0.5) is 0 Å². The summed E-state index contributed by atoms with van der Waals surface area (Å²) in [6.07, 6.45) is 2.26. The van der Waals surface area contributed by atoms with E-state index >= 15 is 0 Å². The third-order valence-corrected chi connectivity index (χ3v) is 1.95. The number of carbonyl (C=O) groups excluding carboxylic acids is 1. The fourth-order valence-electron chi connectivity index (χ4n) is 1.35. The van der Waals surface area contributed by atoms with Gasteiger partial charge in [-0.05, 0) is 18.3 Å². The minimum Gasteiger partial charge on any atom is -0.269 e. The zero-order valence-electron chi connectivity index (χ0n) is 8.04. The van der Waals surface area contributed by atoms with Crippen molar-refractivity contribution in [1.82, 2.24) is 0 Å². The Morgan fingerprint density at radius 3 is 2.33 bits per heavy atom. The second-order valence-corrected chi connectivity index (χ2v) is 3.59. The Morgan fingerprint density at radius 2 is 2.00 bits per heavy atom. The molecule has 0 fully saturated rings. The molecule has 3 nitrogen and oxygen atoms in total. The molecule has 0 N–H and O–H groups in total. The van der Waals surface area contributed by atoms with E-state index in [4.69, 9.17) is 0 Å². The normalized spacial score (nSPS) is 13.0. The van der Waals surface area contributed by atoms with Gasteiger partial charge >= 0.3 is 0 Å². The van der Waals surface area contributed by atoms with Crippen LogP contribution >= 0.6 is 0 Å². The van der Waals surface area contributed by atoms with Crippen molar-refractivity contribution in [2.24, 2.45) is 17.0 Å². The zero-order valence-corrected chi connectivity index (χ0v) is 8.04. The van der Waals surface area contributed by atoms with E-state index in [1.54, 1.807) is 0 Å². The number of amides is 1. The molecule has 0 aliphatic carbocycles. The number of nitroso groups, excluding NO2 is 1. The van der Waals surface area contributed by atoms with Crippen LogP contribution in [0.1, 0.15) is 40.0 Å². The van der Waals surface area contributed by atoms with Gasteiger partial charge in [-0.15, -0.1) is 4.91 Å². The summed E-state index contributed by atoms with van der Waals surface area (Å²) in [6, 6.07) is 0. The van der Waals surface area contributed by atoms with Crippen LogP contribution in [0.25, 0.3) is 0 Å². The third-order valence-electron chi connectivity index (χ3n) is 1.95. The summed E-state index contributed by atoms with van der Waals surface area (Å²) in [7, 11) is 0. The number of rotatable bonds is 5. The third kappa shape index (κ3) is 4.99. The first-order valence-corrected chi connectivity index (χ1v) is 4.46. The molecule has 1 amide bonds. The molecule has 0 saturated carbocycles. The SMILES string of the molecule is CCC(CC(=O)N=O)CC(C)C. The Hall–Kier alpha value is -0.730. The largest absolute Gasteiger partial charge is 0.286 e. The maximum atomic E-state index is 10.7. The molecular weight excluding hydrogens is 154 g/mol. The Bertz CT molecular complexity index is 155. The predicted molar refractivity (Wildman–Crippen MR) is 48.7 cm³/mol. The van der Waals surface area contributed by atoms with E-state index in [9.17, 15) is 9.70 Å². The topological polar surface area (TPSA) is 46.5 Å². The van der Waals surface area contributed by atoms with Gasteiger partial charge in [0, 0.05) is 11.6 Å². The van der Waals surface area contributed by atoms with Gasteiger partial charge in [-0.25, -0.2) is 0 Å². The average molecular weight is 171 g/mol. The van der Waals surface area contributed by atoms with Gasteiger partial charge in [0.05, 0.1) is 0 Å². The molecule has 0 bridgehead atoms. The van der Waals surface area contributed by atoms with Gasteiger partial charge in [-0.2, -0.15) is 0 Å². The first-order chi connectivity index (χ1) is 5.60. The van der Waals surface area contributed by atoms with Crippen molar-refractivity contribution in [2.45, 2.75) is 40.0 Å². The van der Waals surface area contributed by atoms with Gasteiger partial charge in [0.1, 0.15) is 0 Å². The maximum absolute atomic E-state index is 10.7. The Morgan fingerprint density at radius 1 is 1.42 bits per heavy atom. The average Bonchev–Trinajstić information content (AvgIpc) is 2.02. The number of carbonyl (C=O) groups is 1. The van der Waals surface area contributed by atoms with E-state index in [0.29, 0.717) is 18.3 Å². The van der Waals surface area contributed by atoms with E-state index in [1.165, 1.54) is 0 Å². The van der Waals surface area contributed by atoms with E-state index in [1.807, 2.05) is 6.92 Å². The van der Waals surface area contributed by atoms with Crippen molar-refractivity contribution in [3.63, 3.8) is 0 Å². The molecular formula is C9H17NO2. The minimum atomic E-state index is -0.512. The lowest BCUT2D eigenvalue weighted by Crippen LogP contribution is -2.08. The molecule has 1 atom stereocenters. The van der Waals surface area contributed by atoms with Crippen LogP contribution in [0.15, 0.2) is 5.18 Å². The van der Waals surface area contributed by atoms with Crippen LogP contribution in [-0.2, 0) is 4.79 Å². The number of nitrogens with zero attached hydrogens (tertiary/aromatic N) is 1. The van der Waals surface area contributed by atoms with E-state index in [2.05, 4.69) is 19.0 Å². The van der Waals surface area contributed by atoms with Crippen molar-refractivity contribution in [3.05, 3.63) is 4.91 Å². The van der Waals surface area contributed by atoms with Crippen molar-refractivity contribution in [3.8, 4) is 0 Å². The first kappa shape index (κ1) is 11.3. The summed E-state index contributed by atoms with van der Waals surface area (Å²) in [4.78, 5) is 20.5. The molecule has 0 aromatic carbocycles. The lowest BCUT2D eigenvalue weighted by Gasteiger charge is -2.13. The van der Waals surface area contributed by atoms with Gasteiger partial charge in [0.15, 0.2) is 0 Å². The highest BCUT2D eigenvalue weighted by molar-refractivity contribution is 5.76. The van der Waals surface area contributed by atoms with Gasteiger partial charge in [-0.3, -0.25) is 4.79 Å². The molecule has 3 heteroatoms. The molecule has 0 radical (unpaired) electrons. The summed E-state index contributed by atoms with van der Waals surface area (Å²) < 4.78 is 0. The van der Waals surface area contributed by atoms with Gasteiger partial charge in [-0.1, -0.05) is 27.2 Å². The van der Waals surface area contributed by atoms with E-state index < -0.39 is 5.91 Å². The molecule has 0 aliphatic rings. The fraction of sp³-hybridized carbons (Fsp3) is 0.889. The fourth-order valence-corrected chi connectivity index (χ4v) is 1.35. The highest BCUT2D eigenvalue weighted by Crippen LogP contribution is 2.18. The van der Waals surface area contributed by atoms with Gasteiger partial charge in [0.25, 0.3) is 5.91 Å². The molecule has 0 heterocycles. The number of hydrogen-bond acceptors (Lipinski definition) is 2. The maximum Gasteiger partial charge on any atom is 0.286 e. The van der Waals surface area contributed by atoms with Crippen LogP contribution < -0.4 is 0 Å². The Labute approximate surface area is 73.5 Å². The van der Waals surface area contributed by atoms with Crippen LogP contribution in [-0.4, -0.2) is 5.91 Å². The summed E-state index contributed by atoms with van der Waals surface area (Å²) in [6.45, 7) is 6.26. The van der Waals surface area contributed by atoms with Gasteiger partial charge < -0.3 is 0 Å². The zero-order chi connectivity index (χ0) is 9.56. The van der Waals surface area contributed by atoms with Crippen LogP contribution in [0.5, 0.6) is 0 Å². The summed E-state index contributed by atoms with van der Waals surface area (Å²) in [5, 5.41) is 2.39. The Balaban J connectivity index is 3.82. The van der Waals surface area contributed by atoms with Crippen LogP contribution in [0.2, 0.25) is 0 Å². The summed E-state index contributed by atoms with van der Waals surface area (Å²) in [5.41, 5.74) is 0. The van der Waals surface area contributed by atoms with Crippen molar-refractivity contribution < 1.29 is 4.79 Å². The molecule has 1 unspecified atom stereocenters. The smallest absolute Gasteiger partial charge is 0.269 e. The lowest BCUT2D eigenvalue weighted by molar-refractivity contribution is -0.118. The first-order valence-electron chi connectivity index (χ1n) is 4.46. The van der Waals surface area contributed by atoms with Crippen molar-refractivity contribution in [2.75, 3.05) is 0 Å². The van der Waals surface area contributed by atoms with Crippen LogP contribution in [0, 0.1) is 16.7 Å². The highest BCUT2D eigenvalue weighted by Gasteiger charge is 2.13. The summed E-state index contributed by atoms with van der Waals surface area (Å²) in [5.74, 6) is 0.395. The highest BCUT2D eigenvalue weighted by atomic mass is 16.3. The molecule has 0 aromatic heterocycles. The standard InChI is InChI=1S/C9H17NO2/c1-4-8(5-7(2)3)6-9(11)10-12/h7-8H,4-6H2,1-3H3. The molecule has 0 rings (SSSR count). The van der Waals surface area contributed by atoms with Crippen molar-refractivity contribution >= 4 is 5.91 Å². The van der Waals surface area contributed by atoms with E-state index in [0.717, 1.165) is 12.8 Å². The monoisotopic (exact) mass is 171 g/mol. The molecule has 0 spiro atoms. The predicted octanol–water partition coefficient (Wildman–Crippen LogP) is 2.74. The number of hydrogen-bond donors (Lipinski definition) is 0. The lowest BCUT2D eigenvalue weighted by atomic mass is 9.92. The second kappa shape index (κ2) is 5.86. The molecule has 0 saturated heterocycles. The van der Waals surface area contributed by atoms with Crippen LogP contribution in [0.3, 0.4) is 0 Å². The molecule has 70 valence electrons. The van der Waals surface area contributed by atoms with Crippen molar-refractivity contribution in [1.29, 1.82) is 0 Å². The molecule has 0 aromatic rings. The van der Waals surface area contributed by atoms with Gasteiger partial charge in [0.2, 0.25) is 0 Å². The Kier molecular flexibility index (Phi) is 5.51. The second-order valence-electron chi connectivity index (χ2n) is 3.59. The molecule has 12 heavy (non-hydrogen) atoms. The quantitative estimate of drug-likeness (QED) is 0.597. The minimum absolute atomic E-state index is 0.318. The van der Waals surface area contributed by atoms with E-state index in [-0.39, 0.29) is 0 Å². The summed E-state index contributed by atoms with van der Waals surface area (Å²) >= 11 is 0.